The summed E-state index contributed by atoms with van der Waals surface area (Å²) in [7, 11) is 3.17. The van der Waals surface area contributed by atoms with Gasteiger partial charge in [0, 0.05) is 44.4 Å². The number of carboxylic acid groups (broad SMARTS) is 1. The molecule has 10 heteroatoms. The predicted octanol–water partition coefficient (Wildman–Crippen LogP) is 2.51. The van der Waals surface area contributed by atoms with Gasteiger partial charge in [0.1, 0.15) is 12.6 Å². The summed E-state index contributed by atoms with van der Waals surface area (Å²) in [6, 6.07) is 13.5. The molecule has 35 heavy (non-hydrogen) atoms. The maximum absolute atomic E-state index is 12.7. The number of carbonyl (C=O) groups excluding carboxylic acids is 2. The standard InChI is InChI=1S/C25H31N3O7/c1-33-21-10-8-19(16-22(21)34-2)27-12-14-28(15-13-27)23(29)11-9-20(24(30)31)26-25(32)35-17-18-6-4-3-5-7-18/h3-8,10,16,20H,9,11-15,17H2,1-2H3,(H,26,32)(H,30,31)/t20-/m0/s1. The molecule has 0 radical (unpaired) electrons. The third-order valence-corrected chi connectivity index (χ3v) is 5.81. The number of aliphatic carboxylic acids is 1. The van der Waals surface area contributed by atoms with Crippen molar-refractivity contribution in [3.05, 3.63) is 54.1 Å². The Labute approximate surface area is 204 Å². The fourth-order valence-electron chi connectivity index (χ4n) is 3.83. The SMILES string of the molecule is COc1ccc(N2CCN(C(=O)CC[C@H](NC(=O)OCc3ccccc3)C(=O)O)CC2)cc1OC. The van der Waals surface area contributed by atoms with Crippen molar-refractivity contribution in [1.82, 2.24) is 10.2 Å². The van der Waals surface area contributed by atoms with Crippen molar-refractivity contribution < 1.29 is 33.7 Å². The maximum atomic E-state index is 12.7. The number of hydrogen-bond donors (Lipinski definition) is 2. The number of piperazine rings is 1. The van der Waals surface area contributed by atoms with Crippen LogP contribution in [0.4, 0.5) is 10.5 Å². The van der Waals surface area contributed by atoms with Gasteiger partial charge in [-0.1, -0.05) is 30.3 Å². The van der Waals surface area contributed by atoms with Crippen LogP contribution in [0.2, 0.25) is 0 Å². The summed E-state index contributed by atoms with van der Waals surface area (Å²) >= 11 is 0. The molecule has 2 amide bonds. The van der Waals surface area contributed by atoms with E-state index in [9.17, 15) is 19.5 Å². The van der Waals surface area contributed by atoms with E-state index in [-0.39, 0.29) is 25.4 Å². The number of methoxy groups -OCH3 is 2. The Morgan fingerprint density at radius 1 is 0.971 bits per heavy atom. The van der Waals surface area contributed by atoms with Gasteiger partial charge in [0.05, 0.1) is 14.2 Å². The van der Waals surface area contributed by atoms with Crippen molar-refractivity contribution in [2.24, 2.45) is 0 Å². The second kappa shape index (κ2) is 12.5. The minimum atomic E-state index is -1.22. The molecule has 0 saturated carbocycles. The highest BCUT2D eigenvalue weighted by Crippen LogP contribution is 2.31. The van der Waals surface area contributed by atoms with Gasteiger partial charge in [-0.15, -0.1) is 0 Å². The fraction of sp³-hybridized carbons (Fsp3) is 0.400. The molecule has 0 spiro atoms. The van der Waals surface area contributed by atoms with Crippen molar-refractivity contribution in [3.63, 3.8) is 0 Å². The summed E-state index contributed by atoms with van der Waals surface area (Å²) in [6.07, 6.45) is -0.853. The average molecular weight is 486 g/mol. The van der Waals surface area contributed by atoms with E-state index in [1.165, 1.54) is 0 Å². The minimum absolute atomic E-state index is 0.00624. The van der Waals surface area contributed by atoms with Crippen LogP contribution in [0.15, 0.2) is 48.5 Å². The molecular weight excluding hydrogens is 454 g/mol. The topological polar surface area (TPSA) is 118 Å². The van der Waals surface area contributed by atoms with Crippen LogP contribution in [-0.2, 0) is 20.9 Å². The van der Waals surface area contributed by atoms with E-state index in [2.05, 4.69) is 10.2 Å². The molecule has 2 N–H and O–H groups in total. The van der Waals surface area contributed by atoms with E-state index in [0.717, 1.165) is 11.3 Å². The first-order valence-corrected chi connectivity index (χ1v) is 11.4. The molecular formula is C25H31N3O7. The number of benzene rings is 2. The zero-order valence-corrected chi connectivity index (χ0v) is 19.9. The number of rotatable bonds is 10. The van der Waals surface area contributed by atoms with Gasteiger partial charge in [-0.3, -0.25) is 4.79 Å². The molecule has 1 heterocycles. The highest BCUT2D eigenvalue weighted by atomic mass is 16.5. The van der Waals surface area contributed by atoms with Crippen LogP contribution in [0.25, 0.3) is 0 Å². The summed E-state index contributed by atoms with van der Waals surface area (Å²) in [4.78, 5) is 40.1. The lowest BCUT2D eigenvalue weighted by Crippen LogP contribution is -2.49. The molecule has 1 aliphatic heterocycles. The lowest BCUT2D eigenvalue weighted by atomic mass is 10.1. The molecule has 1 saturated heterocycles. The van der Waals surface area contributed by atoms with Gasteiger partial charge in [0.25, 0.3) is 0 Å². The molecule has 10 nitrogen and oxygen atoms in total. The fourth-order valence-corrected chi connectivity index (χ4v) is 3.83. The van der Waals surface area contributed by atoms with Gasteiger partial charge >= 0.3 is 12.1 Å². The Morgan fingerprint density at radius 3 is 2.29 bits per heavy atom. The van der Waals surface area contributed by atoms with Gasteiger partial charge in [-0.05, 0) is 24.1 Å². The van der Waals surface area contributed by atoms with Crippen LogP contribution < -0.4 is 19.7 Å². The van der Waals surface area contributed by atoms with E-state index in [4.69, 9.17) is 14.2 Å². The summed E-state index contributed by atoms with van der Waals surface area (Å²) in [5.74, 6) is -0.0796. The molecule has 1 aliphatic rings. The van der Waals surface area contributed by atoms with Crippen molar-refractivity contribution in [2.45, 2.75) is 25.5 Å². The molecule has 0 aromatic heterocycles. The zero-order chi connectivity index (χ0) is 25.2. The highest BCUT2D eigenvalue weighted by Gasteiger charge is 2.26. The number of ether oxygens (including phenoxy) is 3. The summed E-state index contributed by atoms with van der Waals surface area (Å²) in [5.41, 5.74) is 1.76. The minimum Gasteiger partial charge on any atom is -0.493 e. The normalized spacial score (nSPS) is 14.1. The quantitative estimate of drug-likeness (QED) is 0.527. The van der Waals surface area contributed by atoms with E-state index in [1.807, 2.05) is 36.4 Å². The predicted molar refractivity (Wildman–Crippen MR) is 129 cm³/mol. The second-order valence-electron chi connectivity index (χ2n) is 8.04. The van der Waals surface area contributed by atoms with Crippen LogP contribution in [0.3, 0.4) is 0 Å². The Hall–Kier alpha value is -3.95. The first-order valence-electron chi connectivity index (χ1n) is 11.4. The third kappa shape index (κ3) is 7.26. The van der Waals surface area contributed by atoms with Crippen LogP contribution in [0.1, 0.15) is 18.4 Å². The molecule has 1 fully saturated rings. The lowest BCUT2D eigenvalue weighted by Gasteiger charge is -2.36. The van der Waals surface area contributed by atoms with E-state index < -0.39 is 18.1 Å². The number of hydrogen-bond acceptors (Lipinski definition) is 7. The van der Waals surface area contributed by atoms with Crippen molar-refractivity contribution >= 4 is 23.7 Å². The zero-order valence-electron chi connectivity index (χ0n) is 19.9. The number of carbonyl (C=O) groups is 3. The largest absolute Gasteiger partial charge is 0.493 e. The highest BCUT2D eigenvalue weighted by molar-refractivity contribution is 5.82. The summed E-state index contributed by atoms with van der Waals surface area (Å²) < 4.78 is 15.7. The van der Waals surface area contributed by atoms with Crippen molar-refractivity contribution in [2.75, 3.05) is 45.3 Å². The Kier molecular flexibility index (Phi) is 9.16. The summed E-state index contributed by atoms with van der Waals surface area (Å²) in [5, 5.41) is 11.8. The molecule has 1 atom stereocenters. The van der Waals surface area contributed by atoms with Crippen LogP contribution in [0.5, 0.6) is 11.5 Å². The number of carboxylic acids is 1. The van der Waals surface area contributed by atoms with Crippen LogP contribution >= 0.6 is 0 Å². The van der Waals surface area contributed by atoms with Gasteiger partial charge < -0.3 is 34.4 Å². The van der Waals surface area contributed by atoms with E-state index >= 15 is 0 Å². The van der Waals surface area contributed by atoms with Crippen LogP contribution in [0, 0.1) is 0 Å². The van der Waals surface area contributed by atoms with E-state index in [1.54, 1.807) is 31.3 Å². The third-order valence-electron chi connectivity index (χ3n) is 5.81. The second-order valence-corrected chi connectivity index (χ2v) is 8.04. The van der Waals surface area contributed by atoms with Crippen molar-refractivity contribution in [3.8, 4) is 11.5 Å². The molecule has 3 rings (SSSR count). The Bertz CT molecular complexity index is 1010. The number of alkyl carbamates (subject to hydrolysis) is 1. The number of anilines is 1. The molecule has 2 aromatic rings. The molecule has 2 aromatic carbocycles. The molecule has 188 valence electrons. The lowest BCUT2D eigenvalue weighted by molar-refractivity contribution is -0.140. The average Bonchev–Trinajstić information content (AvgIpc) is 2.89. The first-order chi connectivity index (χ1) is 16.9. The number of amides is 2. The van der Waals surface area contributed by atoms with E-state index in [0.29, 0.717) is 37.7 Å². The van der Waals surface area contributed by atoms with Gasteiger partial charge in [0.2, 0.25) is 5.91 Å². The molecule has 0 aliphatic carbocycles. The Morgan fingerprint density at radius 2 is 1.66 bits per heavy atom. The van der Waals surface area contributed by atoms with Gasteiger partial charge in [-0.2, -0.15) is 0 Å². The first kappa shape index (κ1) is 25.7. The Balaban J connectivity index is 1.45. The van der Waals surface area contributed by atoms with Crippen LogP contribution in [-0.4, -0.2) is 74.4 Å². The number of nitrogens with one attached hydrogen (secondary N) is 1. The summed E-state index contributed by atoms with van der Waals surface area (Å²) in [6.45, 7) is 2.32. The monoisotopic (exact) mass is 485 g/mol. The number of nitrogens with zero attached hydrogens (tertiary/aromatic N) is 2. The van der Waals surface area contributed by atoms with Crippen molar-refractivity contribution in [1.29, 1.82) is 0 Å². The smallest absolute Gasteiger partial charge is 0.408 e. The van der Waals surface area contributed by atoms with Gasteiger partial charge in [0.15, 0.2) is 11.5 Å². The maximum Gasteiger partial charge on any atom is 0.408 e. The molecule has 0 bridgehead atoms. The molecule has 0 unspecified atom stereocenters. The van der Waals surface area contributed by atoms with Gasteiger partial charge in [-0.25, -0.2) is 9.59 Å².